The van der Waals surface area contributed by atoms with Gasteiger partial charge in [-0.05, 0) is 13.3 Å². The van der Waals surface area contributed by atoms with Crippen molar-refractivity contribution in [1.82, 2.24) is 20.0 Å². The minimum absolute atomic E-state index is 0.0852. The maximum absolute atomic E-state index is 12.3. The van der Waals surface area contributed by atoms with E-state index in [1.54, 1.807) is 25.9 Å². The molecule has 0 aliphatic rings. The lowest BCUT2D eigenvalue weighted by Gasteiger charge is -2.23. The van der Waals surface area contributed by atoms with Gasteiger partial charge in [-0.15, -0.1) is 0 Å². The molecule has 0 radical (unpaired) electrons. The number of carbonyl (C=O) groups is 2. The van der Waals surface area contributed by atoms with Crippen molar-refractivity contribution in [2.45, 2.75) is 20.3 Å². The smallest absolute Gasteiger partial charge is 0.257 e. The van der Waals surface area contributed by atoms with Crippen LogP contribution in [0.15, 0.2) is 6.20 Å². The van der Waals surface area contributed by atoms with Crippen LogP contribution in [0.2, 0.25) is 0 Å². The van der Waals surface area contributed by atoms with Gasteiger partial charge in [-0.1, -0.05) is 6.92 Å². The SMILES string of the molecule is CCCN(CC(=O)N(C)C)C(=O)c1cn[nH]c1C. The van der Waals surface area contributed by atoms with Crippen LogP contribution in [-0.4, -0.2) is 59.0 Å². The Morgan fingerprint density at radius 3 is 2.50 bits per heavy atom. The summed E-state index contributed by atoms with van der Waals surface area (Å²) in [4.78, 5) is 27.0. The third-order valence-electron chi connectivity index (χ3n) is 2.67. The van der Waals surface area contributed by atoms with Crippen LogP contribution in [0, 0.1) is 6.92 Å². The van der Waals surface area contributed by atoms with Crippen molar-refractivity contribution in [1.29, 1.82) is 0 Å². The third kappa shape index (κ3) is 3.32. The van der Waals surface area contributed by atoms with Gasteiger partial charge in [0.2, 0.25) is 5.91 Å². The van der Waals surface area contributed by atoms with Crippen LogP contribution in [0.4, 0.5) is 0 Å². The number of nitrogens with zero attached hydrogens (tertiary/aromatic N) is 3. The quantitative estimate of drug-likeness (QED) is 0.837. The molecule has 1 rings (SSSR count). The van der Waals surface area contributed by atoms with E-state index in [9.17, 15) is 9.59 Å². The molecule has 6 heteroatoms. The zero-order valence-electron chi connectivity index (χ0n) is 11.4. The molecule has 2 amide bonds. The second-order valence-corrected chi connectivity index (χ2v) is 4.42. The number of hydrogen-bond acceptors (Lipinski definition) is 3. The van der Waals surface area contributed by atoms with Crippen molar-refractivity contribution < 1.29 is 9.59 Å². The van der Waals surface area contributed by atoms with Crippen molar-refractivity contribution in [3.63, 3.8) is 0 Å². The molecular weight excluding hydrogens is 232 g/mol. The fourth-order valence-corrected chi connectivity index (χ4v) is 1.56. The molecule has 1 aromatic rings. The Bertz CT molecular complexity index is 425. The normalized spacial score (nSPS) is 10.2. The highest BCUT2D eigenvalue weighted by Crippen LogP contribution is 2.08. The topological polar surface area (TPSA) is 69.3 Å². The summed E-state index contributed by atoms with van der Waals surface area (Å²) < 4.78 is 0. The molecule has 0 aliphatic heterocycles. The van der Waals surface area contributed by atoms with Gasteiger partial charge in [-0.3, -0.25) is 14.7 Å². The van der Waals surface area contributed by atoms with E-state index in [4.69, 9.17) is 0 Å². The summed E-state index contributed by atoms with van der Waals surface area (Å²) in [7, 11) is 3.36. The van der Waals surface area contributed by atoms with Gasteiger partial charge in [0.05, 0.1) is 11.8 Å². The van der Waals surface area contributed by atoms with Gasteiger partial charge >= 0.3 is 0 Å². The predicted octanol–water partition coefficient (Wildman–Crippen LogP) is 0.659. The summed E-state index contributed by atoms with van der Waals surface area (Å²) in [5.74, 6) is -0.240. The molecule has 0 bridgehead atoms. The number of likely N-dealkylation sites (N-methyl/N-ethyl adjacent to an activating group) is 1. The highest BCUT2D eigenvalue weighted by molar-refractivity contribution is 5.97. The first kappa shape index (κ1) is 14.2. The van der Waals surface area contributed by atoms with Gasteiger partial charge in [0.1, 0.15) is 6.54 Å². The van der Waals surface area contributed by atoms with Gasteiger partial charge in [-0.25, -0.2) is 0 Å². The highest BCUT2D eigenvalue weighted by Gasteiger charge is 2.21. The Hall–Kier alpha value is -1.85. The molecule has 0 spiro atoms. The van der Waals surface area contributed by atoms with Crippen LogP contribution >= 0.6 is 0 Å². The first-order valence-electron chi connectivity index (χ1n) is 5.96. The number of aromatic nitrogens is 2. The molecule has 0 fully saturated rings. The highest BCUT2D eigenvalue weighted by atomic mass is 16.2. The lowest BCUT2D eigenvalue weighted by Crippen LogP contribution is -2.40. The molecule has 1 aromatic heterocycles. The molecule has 18 heavy (non-hydrogen) atoms. The second-order valence-electron chi connectivity index (χ2n) is 4.42. The van der Waals surface area contributed by atoms with E-state index in [2.05, 4.69) is 10.2 Å². The van der Waals surface area contributed by atoms with E-state index >= 15 is 0 Å². The van der Waals surface area contributed by atoms with Crippen LogP contribution in [0.1, 0.15) is 29.4 Å². The molecular formula is C12H20N4O2. The van der Waals surface area contributed by atoms with Crippen molar-refractivity contribution >= 4 is 11.8 Å². The van der Waals surface area contributed by atoms with E-state index in [1.807, 2.05) is 6.92 Å². The number of aryl methyl sites for hydroxylation is 1. The van der Waals surface area contributed by atoms with E-state index in [-0.39, 0.29) is 18.4 Å². The molecule has 0 aliphatic carbocycles. The molecule has 1 heterocycles. The minimum Gasteiger partial charge on any atom is -0.347 e. The minimum atomic E-state index is -0.154. The molecule has 0 saturated carbocycles. The Labute approximate surface area is 107 Å². The standard InChI is InChI=1S/C12H20N4O2/c1-5-6-16(8-11(17)15(3)4)12(18)10-7-13-14-9(10)2/h7H,5-6,8H2,1-4H3,(H,13,14). The second kappa shape index (κ2) is 6.18. The van der Waals surface area contributed by atoms with Crippen LogP contribution in [0.25, 0.3) is 0 Å². The number of aromatic amines is 1. The average molecular weight is 252 g/mol. The molecule has 100 valence electrons. The van der Waals surface area contributed by atoms with Crippen molar-refractivity contribution in [2.24, 2.45) is 0 Å². The Morgan fingerprint density at radius 2 is 2.06 bits per heavy atom. The maximum Gasteiger partial charge on any atom is 0.257 e. The number of H-pyrrole nitrogens is 1. The molecule has 0 aromatic carbocycles. The van der Waals surface area contributed by atoms with Gasteiger partial charge in [-0.2, -0.15) is 5.10 Å². The zero-order valence-corrected chi connectivity index (χ0v) is 11.4. The van der Waals surface area contributed by atoms with E-state index < -0.39 is 0 Å². The summed E-state index contributed by atoms with van der Waals surface area (Å²) in [5, 5.41) is 6.56. The van der Waals surface area contributed by atoms with Crippen LogP contribution in [-0.2, 0) is 4.79 Å². The van der Waals surface area contributed by atoms with E-state index in [1.165, 1.54) is 11.1 Å². The van der Waals surface area contributed by atoms with Gasteiger partial charge in [0.25, 0.3) is 5.91 Å². The summed E-state index contributed by atoms with van der Waals surface area (Å²) in [5.41, 5.74) is 1.24. The molecule has 6 nitrogen and oxygen atoms in total. The van der Waals surface area contributed by atoms with Crippen LogP contribution in [0.3, 0.4) is 0 Å². The first-order chi connectivity index (χ1) is 8.47. The Balaban J connectivity index is 2.82. The van der Waals surface area contributed by atoms with Gasteiger partial charge in [0, 0.05) is 26.3 Å². The Kier molecular flexibility index (Phi) is 4.88. The number of nitrogens with one attached hydrogen (secondary N) is 1. The molecule has 1 N–H and O–H groups in total. The number of hydrogen-bond donors (Lipinski definition) is 1. The van der Waals surface area contributed by atoms with Crippen molar-refractivity contribution in [2.75, 3.05) is 27.2 Å². The fourth-order valence-electron chi connectivity index (χ4n) is 1.56. The monoisotopic (exact) mass is 252 g/mol. The number of rotatable bonds is 5. The third-order valence-corrected chi connectivity index (χ3v) is 2.67. The summed E-state index contributed by atoms with van der Waals surface area (Å²) >= 11 is 0. The fraction of sp³-hybridized carbons (Fsp3) is 0.583. The lowest BCUT2D eigenvalue weighted by atomic mass is 10.2. The Morgan fingerprint density at radius 1 is 1.39 bits per heavy atom. The zero-order chi connectivity index (χ0) is 13.7. The van der Waals surface area contributed by atoms with Crippen molar-refractivity contribution in [3.05, 3.63) is 17.5 Å². The molecule has 0 atom stereocenters. The molecule has 0 unspecified atom stereocenters. The van der Waals surface area contributed by atoms with Crippen molar-refractivity contribution in [3.8, 4) is 0 Å². The first-order valence-corrected chi connectivity index (χ1v) is 5.96. The lowest BCUT2D eigenvalue weighted by molar-refractivity contribution is -0.129. The largest absolute Gasteiger partial charge is 0.347 e. The summed E-state index contributed by atoms with van der Waals surface area (Å²) in [6.45, 7) is 4.42. The number of carbonyl (C=O) groups excluding carboxylic acids is 2. The maximum atomic E-state index is 12.3. The predicted molar refractivity (Wildman–Crippen MR) is 68.2 cm³/mol. The van der Waals surface area contributed by atoms with Gasteiger partial charge in [0.15, 0.2) is 0 Å². The van der Waals surface area contributed by atoms with E-state index in [0.29, 0.717) is 12.1 Å². The van der Waals surface area contributed by atoms with Crippen LogP contribution < -0.4 is 0 Å². The summed E-state index contributed by atoms with van der Waals surface area (Å²) in [6, 6.07) is 0. The van der Waals surface area contributed by atoms with Crippen LogP contribution in [0.5, 0.6) is 0 Å². The average Bonchev–Trinajstić information content (AvgIpc) is 2.73. The van der Waals surface area contributed by atoms with E-state index in [0.717, 1.165) is 12.1 Å². The molecule has 0 saturated heterocycles. The number of amides is 2. The van der Waals surface area contributed by atoms with Gasteiger partial charge < -0.3 is 9.80 Å². The summed E-state index contributed by atoms with van der Waals surface area (Å²) in [6.07, 6.45) is 2.31.